The van der Waals surface area contributed by atoms with Crippen LogP contribution in [0.1, 0.15) is 45.6 Å². The van der Waals surface area contributed by atoms with Crippen LogP contribution in [-0.2, 0) is 26.8 Å². The van der Waals surface area contributed by atoms with E-state index in [2.05, 4.69) is 26.1 Å². The molecule has 1 aliphatic heterocycles. The number of carbonyl (C=O) groups is 1. The van der Waals surface area contributed by atoms with Gasteiger partial charge < -0.3 is 9.73 Å². The highest BCUT2D eigenvalue weighted by Gasteiger charge is 2.28. The van der Waals surface area contributed by atoms with Gasteiger partial charge in [0, 0.05) is 37.8 Å². The monoisotopic (exact) mass is 471 g/mol. The average Bonchev–Trinajstić information content (AvgIpc) is 3.39. The zero-order valence-electron chi connectivity index (χ0n) is 19.1. The molecule has 1 aromatic heterocycles. The standard InChI is InChI=1S/C24H29N3O5S/c1-24(2,3)17-6-8-18(9-7-17)25-22(28)12-15-27-20-11-10-19(16-21(20)32-23(27)29)33(30,31)26-13-4-5-14-26/h6-11,16H,4-5,12-15H2,1-3H3,(H,25,28). The van der Waals surface area contributed by atoms with Crippen LogP contribution in [0.25, 0.3) is 11.1 Å². The van der Waals surface area contributed by atoms with Crippen molar-refractivity contribution in [1.82, 2.24) is 8.87 Å². The van der Waals surface area contributed by atoms with E-state index in [1.165, 1.54) is 26.6 Å². The van der Waals surface area contributed by atoms with Crippen molar-refractivity contribution in [3.63, 3.8) is 0 Å². The number of fused-ring (bicyclic) bond motifs is 1. The van der Waals surface area contributed by atoms with Crippen LogP contribution in [0.2, 0.25) is 0 Å². The molecule has 8 nitrogen and oxygen atoms in total. The number of sulfonamides is 1. The number of aromatic nitrogens is 1. The number of benzene rings is 2. The summed E-state index contributed by atoms with van der Waals surface area (Å²) in [7, 11) is -3.61. The second kappa shape index (κ2) is 8.79. The molecule has 0 bridgehead atoms. The number of nitrogens with zero attached hydrogens (tertiary/aromatic N) is 2. The lowest BCUT2D eigenvalue weighted by Crippen LogP contribution is -2.27. The Morgan fingerprint density at radius 3 is 2.36 bits per heavy atom. The van der Waals surface area contributed by atoms with Crippen molar-refractivity contribution in [3.05, 3.63) is 58.6 Å². The molecule has 0 radical (unpaired) electrons. The zero-order valence-corrected chi connectivity index (χ0v) is 19.9. The summed E-state index contributed by atoms with van der Waals surface area (Å²) in [5.74, 6) is -0.851. The molecule has 1 amide bonds. The zero-order chi connectivity index (χ0) is 23.8. The van der Waals surface area contributed by atoms with E-state index >= 15 is 0 Å². The molecule has 3 aromatic rings. The van der Waals surface area contributed by atoms with E-state index < -0.39 is 15.8 Å². The minimum Gasteiger partial charge on any atom is -0.408 e. The summed E-state index contributed by atoms with van der Waals surface area (Å²) in [5.41, 5.74) is 2.54. The Morgan fingerprint density at radius 1 is 1.06 bits per heavy atom. The van der Waals surface area contributed by atoms with Gasteiger partial charge in [-0.2, -0.15) is 4.31 Å². The highest BCUT2D eigenvalue weighted by atomic mass is 32.2. The summed E-state index contributed by atoms with van der Waals surface area (Å²) in [6.07, 6.45) is 1.76. The molecule has 4 rings (SSSR count). The predicted molar refractivity (Wildman–Crippen MR) is 127 cm³/mol. The molecule has 1 saturated heterocycles. The summed E-state index contributed by atoms with van der Waals surface area (Å²) < 4.78 is 33.6. The van der Waals surface area contributed by atoms with Gasteiger partial charge in [0.2, 0.25) is 15.9 Å². The molecule has 1 aliphatic rings. The lowest BCUT2D eigenvalue weighted by Gasteiger charge is -2.19. The molecule has 33 heavy (non-hydrogen) atoms. The molecule has 0 unspecified atom stereocenters. The summed E-state index contributed by atoms with van der Waals surface area (Å²) in [4.78, 5) is 24.9. The van der Waals surface area contributed by atoms with Gasteiger partial charge in [0.1, 0.15) is 0 Å². The van der Waals surface area contributed by atoms with Gasteiger partial charge in [0.15, 0.2) is 5.58 Å². The predicted octanol–water partition coefficient (Wildman–Crippen LogP) is 3.71. The van der Waals surface area contributed by atoms with E-state index in [-0.39, 0.29) is 34.8 Å². The fourth-order valence-electron chi connectivity index (χ4n) is 3.99. The first-order chi connectivity index (χ1) is 15.6. The topological polar surface area (TPSA) is 102 Å². The molecule has 0 spiro atoms. The number of nitrogens with one attached hydrogen (secondary N) is 1. The van der Waals surface area contributed by atoms with Crippen LogP contribution in [0.15, 0.2) is 56.6 Å². The van der Waals surface area contributed by atoms with Gasteiger partial charge in [-0.15, -0.1) is 0 Å². The molecule has 1 fully saturated rings. The average molecular weight is 472 g/mol. The Bertz CT molecular complexity index is 1330. The Kier molecular flexibility index (Phi) is 6.20. The van der Waals surface area contributed by atoms with E-state index in [0.29, 0.717) is 24.3 Å². The third-order valence-corrected chi connectivity index (χ3v) is 7.83. The Morgan fingerprint density at radius 2 is 1.73 bits per heavy atom. The molecule has 0 atom stereocenters. The molecule has 176 valence electrons. The first-order valence-electron chi connectivity index (χ1n) is 11.1. The molecule has 0 saturated carbocycles. The fourth-order valence-corrected chi connectivity index (χ4v) is 5.52. The van der Waals surface area contributed by atoms with Crippen molar-refractivity contribution in [3.8, 4) is 0 Å². The maximum absolute atomic E-state index is 12.8. The smallest absolute Gasteiger partial charge is 0.408 e. The van der Waals surface area contributed by atoms with Crippen LogP contribution in [0.4, 0.5) is 5.69 Å². The number of aryl methyl sites for hydroxylation is 1. The molecule has 2 heterocycles. The molecular formula is C24H29N3O5S. The normalized spacial score (nSPS) is 15.2. The molecule has 9 heteroatoms. The number of hydrogen-bond acceptors (Lipinski definition) is 5. The van der Waals surface area contributed by atoms with Crippen LogP contribution in [0.3, 0.4) is 0 Å². The number of anilines is 1. The van der Waals surface area contributed by atoms with Crippen molar-refractivity contribution in [2.45, 2.75) is 56.9 Å². The lowest BCUT2D eigenvalue weighted by atomic mass is 9.87. The van der Waals surface area contributed by atoms with E-state index in [4.69, 9.17) is 4.42 Å². The highest BCUT2D eigenvalue weighted by molar-refractivity contribution is 7.89. The van der Waals surface area contributed by atoms with Crippen molar-refractivity contribution in [2.75, 3.05) is 18.4 Å². The van der Waals surface area contributed by atoms with Crippen LogP contribution < -0.4 is 11.1 Å². The number of oxazole rings is 1. The highest BCUT2D eigenvalue weighted by Crippen LogP contribution is 2.25. The Hall–Kier alpha value is -2.91. The maximum atomic E-state index is 12.8. The Labute approximate surface area is 193 Å². The second-order valence-electron chi connectivity index (χ2n) is 9.39. The van der Waals surface area contributed by atoms with Crippen molar-refractivity contribution < 1.29 is 17.6 Å². The Balaban J connectivity index is 1.46. The van der Waals surface area contributed by atoms with Crippen LogP contribution in [-0.4, -0.2) is 36.3 Å². The number of carbonyl (C=O) groups excluding carboxylic acids is 1. The molecule has 0 aliphatic carbocycles. The molecule has 1 N–H and O–H groups in total. The van der Waals surface area contributed by atoms with Gasteiger partial charge in [-0.1, -0.05) is 32.9 Å². The first kappa shape index (κ1) is 23.3. The van der Waals surface area contributed by atoms with Gasteiger partial charge >= 0.3 is 5.76 Å². The summed E-state index contributed by atoms with van der Waals surface area (Å²) in [5, 5.41) is 2.84. The van der Waals surface area contributed by atoms with Gasteiger partial charge in [-0.3, -0.25) is 9.36 Å². The largest absolute Gasteiger partial charge is 0.419 e. The number of rotatable bonds is 6. The van der Waals surface area contributed by atoms with Crippen molar-refractivity contribution in [2.24, 2.45) is 0 Å². The molecule has 2 aromatic carbocycles. The van der Waals surface area contributed by atoms with Gasteiger partial charge in [-0.05, 0) is 48.1 Å². The van der Waals surface area contributed by atoms with Crippen molar-refractivity contribution >= 4 is 32.7 Å². The maximum Gasteiger partial charge on any atom is 0.419 e. The van der Waals surface area contributed by atoms with Crippen LogP contribution in [0.5, 0.6) is 0 Å². The second-order valence-corrected chi connectivity index (χ2v) is 11.3. The number of hydrogen-bond donors (Lipinski definition) is 1. The minimum atomic E-state index is -3.61. The van der Waals surface area contributed by atoms with E-state index in [1.807, 2.05) is 24.3 Å². The van der Waals surface area contributed by atoms with Crippen LogP contribution >= 0.6 is 0 Å². The first-order valence-corrected chi connectivity index (χ1v) is 12.5. The summed E-state index contributed by atoms with van der Waals surface area (Å²) in [6, 6.07) is 12.1. The van der Waals surface area contributed by atoms with E-state index in [9.17, 15) is 18.0 Å². The number of amides is 1. The lowest BCUT2D eigenvalue weighted by molar-refractivity contribution is -0.116. The fraction of sp³-hybridized carbons (Fsp3) is 0.417. The summed E-state index contributed by atoms with van der Waals surface area (Å²) in [6.45, 7) is 7.49. The van der Waals surface area contributed by atoms with Crippen molar-refractivity contribution in [1.29, 1.82) is 0 Å². The van der Waals surface area contributed by atoms with E-state index in [1.54, 1.807) is 6.07 Å². The van der Waals surface area contributed by atoms with Gasteiger partial charge in [-0.25, -0.2) is 13.2 Å². The minimum absolute atomic E-state index is 0.0275. The SMILES string of the molecule is CC(C)(C)c1ccc(NC(=O)CCn2c(=O)oc3cc(S(=O)(=O)N4CCCC4)ccc32)cc1. The van der Waals surface area contributed by atoms with Gasteiger partial charge in [0.25, 0.3) is 0 Å². The third-order valence-electron chi connectivity index (χ3n) is 5.94. The third kappa shape index (κ3) is 4.89. The molecular weight excluding hydrogens is 442 g/mol. The van der Waals surface area contributed by atoms with Crippen LogP contribution in [0, 0.1) is 0 Å². The quantitative estimate of drug-likeness (QED) is 0.591. The van der Waals surface area contributed by atoms with Gasteiger partial charge in [0.05, 0.1) is 10.4 Å². The summed E-state index contributed by atoms with van der Waals surface area (Å²) >= 11 is 0. The van der Waals surface area contributed by atoms with E-state index in [0.717, 1.165) is 12.8 Å².